The zero-order valence-electron chi connectivity index (χ0n) is 15.9. The number of para-hydroxylation sites is 1. The highest BCUT2D eigenvalue weighted by Crippen LogP contribution is 2.43. The summed E-state index contributed by atoms with van der Waals surface area (Å²) >= 11 is 6.16. The molecule has 0 saturated carbocycles. The predicted molar refractivity (Wildman–Crippen MR) is 111 cm³/mol. The van der Waals surface area contributed by atoms with Crippen molar-refractivity contribution in [3.05, 3.63) is 70.4 Å². The van der Waals surface area contributed by atoms with Crippen LogP contribution in [-0.2, 0) is 4.79 Å². The molecule has 146 valence electrons. The fourth-order valence-electron chi connectivity index (χ4n) is 4.09. The fourth-order valence-corrected chi connectivity index (χ4v) is 4.28. The zero-order valence-corrected chi connectivity index (χ0v) is 16.6. The molecule has 6 nitrogen and oxygen atoms in total. The van der Waals surface area contributed by atoms with E-state index in [1.165, 1.54) is 0 Å². The number of hydrogen-bond acceptors (Lipinski definition) is 5. The number of methoxy groups -OCH3 is 1. The van der Waals surface area contributed by atoms with Crippen LogP contribution in [0.4, 0.5) is 5.95 Å². The topological polar surface area (TPSA) is 69.0 Å². The molecule has 3 aromatic rings. The van der Waals surface area contributed by atoms with Gasteiger partial charge in [0.25, 0.3) is 0 Å². The normalized spacial score (nSPS) is 18.1. The first-order valence-corrected chi connectivity index (χ1v) is 9.92. The highest BCUT2D eigenvalue weighted by molar-refractivity contribution is 6.30. The maximum Gasteiger partial charge on any atom is 0.226 e. The van der Waals surface area contributed by atoms with Crippen LogP contribution in [-0.4, -0.2) is 27.7 Å². The van der Waals surface area contributed by atoms with Crippen LogP contribution in [0.25, 0.3) is 11.4 Å². The molecule has 0 fully saturated rings. The highest BCUT2D eigenvalue weighted by Gasteiger charge is 2.38. The third kappa shape index (κ3) is 3.00. The number of fused-ring (bicyclic) bond motifs is 1. The Balaban J connectivity index is 1.71. The summed E-state index contributed by atoms with van der Waals surface area (Å²) in [6.45, 7) is 0. The maximum absolute atomic E-state index is 12.9. The average Bonchev–Trinajstić information content (AvgIpc) is 3.16. The zero-order chi connectivity index (χ0) is 20.0. The summed E-state index contributed by atoms with van der Waals surface area (Å²) in [6.07, 6.45) is 2.18. The van der Waals surface area contributed by atoms with Crippen molar-refractivity contribution in [2.24, 2.45) is 0 Å². The molecule has 1 atom stereocenters. The van der Waals surface area contributed by atoms with Crippen LogP contribution in [0.15, 0.2) is 59.8 Å². The molecule has 29 heavy (non-hydrogen) atoms. The summed E-state index contributed by atoms with van der Waals surface area (Å²) < 4.78 is 7.39. The highest BCUT2D eigenvalue weighted by atomic mass is 35.5. The van der Waals surface area contributed by atoms with Crippen LogP contribution in [0, 0.1) is 0 Å². The van der Waals surface area contributed by atoms with Gasteiger partial charge in [-0.05, 0) is 31.0 Å². The summed E-state index contributed by atoms with van der Waals surface area (Å²) in [5.74, 6) is 2.03. The SMILES string of the molecule is COc1ccccc1[C@@H]1C2=C(CCCC2=O)Nc2nc(-c3cccc(Cl)c3)nn21. The first kappa shape index (κ1) is 17.9. The summed E-state index contributed by atoms with van der Waals surface area (Å²) in [6, 6.07) is 14.8. The van der Waals surface area contributed by atoms with E-state index in [2.05, 4.69) is 5.32 Å². The molecule has 2 aliphatic rings. The van der Waals surface area contributed by atoms with Crippen molar-refractivity contribution in [1.29, 1.82) is 0 Å². The Morgan fingerprint density at radius 2 is 2.03 bits per heavy atom. The van der Waals surface area contributed by atoms with Crippen molar-refractivity contribution in [3.63, 3.8) is 0 Å². The first-order valence-electron chi connectivity index (χ1n) is 9.54. The Morgan fingerprint density at radius 1 is 1.17 bits per heavy atom. The number of aromatic nitrogens is 3. The van der Waals surface area contributed by atoms with Crippen LogP contribution < -0.4 is 10.1 Å². The first-order chi connectivity index (χ1) is 14.2. The number of allylic oxidation sites excluding steroid dienone is 2. The van der Waals surface area contributed by atoms with Gasteiger partial charge in [-0.15, -0.1) is 5.10 Å². The third-order valence-corrected chi connectivity index (χ3v) is 5.62. The molecule has 0 saturated heterocycles. The summed E-state index contributed by atoms with van der Waals surface area (Å²) in [4.78, 5) is 17.6. The molecular weight excluding hydrogens is 388 g/mol. The molecule has 1 aliphatic heterocycles. The second-order valence-corrected chi connectivity index (χ2v) is 7.59. The van der Waals surface area contributed by atoms with Gasteiger partial charge in [0, 0.05) is 33.8 Å². The van der Waals surface area contributed by atoms with Crippen molar-refractivity contribution < 1.29 is 9.53 Å². The van der Waals surface area contributed by atoms with Crippen LogP contribution >= 0.6 is 11.6 Å². The number of anilines is 1. The molecule has 0 spiro atoms. The minimum atomic E-state index is -0.384. The average molecular weight is 407 g/mol. The standard InChI is InChI=1S/C22H19ClN4O2/c1-29-18-11-3-2-8-15(18)20-19-16(9-5-10-17(19)28)24-22-25-21(26-27(20)22)13-6-4-7-14(23)12-13/h2-4,6-8,11-12,20H,5,9-10H2,1H3,(H,24,25,26)/t20-/m1/s1. The number of benzene rings is 2. The van der Waals surface area contributed by atoms with E-state index >= 15 is 0 Å². The molecule has 0 radical (unpaired) electrons. The van der Waals surface area contributed by atoms with E-state index < -0.39 is 0 Å². The predicted octanol–water partition coefficient (Wildman–Crippen LogP) is 4.63. The Bertz CT molecular complexity index is 1150. The van der Waals surface area contributed by atoms with Crippen molar-refractivity contribution in [2.75, 3.05) is 12.4 Å². The van der Waals surface area contributed by atoms with Gasteiger partial charge in [0.05, 0.1) is 7.11 Å². The molecule has 2 heterocycles. The van der Waals surface area contributed by atoms with Crippen molar-refractivity contribution in [1.82, 2.24) is 14.8 Å². The fraction of sp³-hybridized carbons (Fsp3) is 0.227. The Kier molecular flexibility index (Phi) is 4.36. The molecule has 5 rings (SSSR count). The van der Waals surface area contributed by atoms with Gasteiger partial charge in [-0.3, -0.25) is 4.79 Å². The van der Waals surface area contributed by atoms with Gasteiger partial charge in [0.15, 0.2) is 11.6 Å². The molecule has 1 N–H and O–H groups in total. The number of Topliss-reactive ketones (excluding diaryl/α,β-unsaturated/α-hetero) is 1. The van der Waals surface area contributed by atoms with E-state index in [0.29, 0.717) is 23.2 Å². The molecule has 1 aliphatic carbocycles. The van der Waals surface area contributed by atoms with Crippen molar-refractivity contribution in [2.45, 2.75) is 25.3 Å². The summed E-state index contributed by atoms with van der Waals surface area (Å²) in [5.41, 5.74) is 3.39. The van der Waals surface area contributed by atoms with E-state index in [1.807, 2.05) is 48.5 Å². The third-order valence-electron chi connectivity index (χ3n) is 5.38. The van der Waals surface area contributed by atoms with Crippen LogP contribution in [0.1, 0.15) is 30.9 Å². The van der Waals surface area contributed by atoms with Crippen LogP contribution in [0.3, 0.4) is 0 Å². The Hall–Kier alpha value is -3.12. The molecule has 7 heteroatoms. The van der Waals surface area contributed by atoms with E-state index in [4.69, 9.17) is 26.4 Å². The molecular formula is C22H19ClN4O2. The monoisotopic (exact) mass is 406 g/mol. The number of nitrogens with one attached hydrogen (secondary N) is 1. The Labute approximate surface area is 173 Å². The van der Waals surface area contributed by atoms with Gasteiger partial charge in [-0.1, -0.05) is 41.9 Å². The van der Waals surface area contributed by atoms with Gasteiger partial charge in [0.1, 0.15) is 11.8 Å². The lowest BCUT2D eigenvalue weighted by Gasteiger charge is -2.32. The number of nitrogens with zero attached hydrogens (tertiary/aromatic N) is 3. The van der Waals surface area contributed by atoms with E-state index in [0.717, 1.165) is 41.0 Å². The maximum atomic E-state index is 12.9. The Morgan fingerprint density at radius 3 is 2.86 bits per heavy atom. The number of halogens is 1. The summed E-state index contributed by atoms with van der Waals surface area (Å²) in [5, 5.41) is 8.73. The number of ether oxygens (including phenoxy) is 1. The molecule has 2 aromatic carbocycles. The quantitative estimate of drug-likeness (QED) is 0.686. The van der Waals surface area contributed by atoms with Crippen molar-refractivity contribution >= 4 is 23.3 Å². The lowest BCUT2D eigenvalue weighted by atomic mass is 9.85. The number of hydrogen-bond donors (Lipinski definition) is 1. The molecule has 0 bridgehead atoms. The number of ketones is 1. The molecule has 1 aromatic heterocycles. The minimum Gasteiger partial charge on any atom is -0.496 e. The van der Waals surface area contributed by atoms with Gasteiger partial charge >= 0.3 is 0 Å². The van der Waals surface area contributed by atoms with E-state index in [-0.39, 0.29) is 11.8 Å². The van der Waals surface area contributed by atoms with Gasteiger partial charge in [-0.2, -0.15) is 4.98 Å². The van der Waals surface area contributed by atoms with E-state index in [9.17, 15) is 4.79 Å². The summed E-state index contributed by atoms with van der Waals surface area (Å²) in [7, 11) is 1.64. The van der Waals surface area contributed by atoms with Crippen LogP contribution in [0.5, 0.6) is 5.75 Å². The number of carbonyl (C=O) groups excluding carboxylic acids is 1. The minimum absolute atomic E-state index is 0.139. The van der Waals surface area contributed by atoms with E-state index in [1.54, 1.807) is 11.8 Å². The second-order valence-electron chi connectivity index (χ2n) is 7.15. The van der Waals surface area contributed by atoms with Gasteiger partial charge < -0.3 is 10.1 Å². The van der Waals surface area contributed by atoms with Gasteiger partial charge in [0.2, 0.25) is 5.95 Å². The van der Waals surface area contributed by atoms with Crippen LogP contribution in [0.2, 0.25) is 5.02 Å². The second kappa shape index (κ2) is 7.04. The number of rotatable bonds is 3. The smallest absolute Gasteiger partial charge is 0.226 e. The lowest BCUT2D eigenvalue weighted by molar-refractivity contribution is -0.116. The van der Waals surface area contributed by atoms with Crippen molar-refractivity contribution in [3.8, 4) is 17.1 Å². The van der Waals surface area contributed by atoms with Gasteiger partial charge in [-0.25, -0.2) is 4.68 Å². The molecule has 0 unspecified atom stereocenters. The lowest BCUT2D eigenvalue weighted by Crippen LogP contribution is -2.31. The number of carbonyl (C=O) groups is 1. The largest absolute Gasteiger partial charge is 0.496 e. The molecule has 0 amide bonds.